The summed E-state index contributed by atoms with van der Waals surface area (Å²) >= 11 is 1.56. The van der Waals surface area contributed by atoms with E-state index in [0.29, 0.717) is 5.22 Å². The van der Waals surface area contributed by atoms with Crippen molar-refractivity contribution in [2.75, 3.05) is 27.0 Å². The highest BCUT2D eigenvalue weighted by molar-refractivity contribution is 7.99. The molecule has 0 amide bonds. The predicted molar refractivity (Wildman–Crippen MR) is 83.3 cm³/mol. The molecule has 0 saturated heterocycles. The van der Waals surface area contributed by atoms with Crippen LogP contribution in [0.15, 0.2) is 34.1 Å². The van der Waals surface area contributed by atoms with Crippen LogP contribution in [0.5, 0.6) is 11.5 Å². The van der Waals surface area contributed by atoms with Crippen LogP contribution < -0.4 is 14.8 Å². The second kappa shape index (κ2) is 7.38. The van der Waals surface area contributed by atoms with E-state index in [1.54, 1.807) is 32.2 Å². The fraction of sp³-hybridized carbons (Fsp3) is 0.400. The third-order valence-electron chi connectivity index (χ3n) is 3.13. The Balaban J connectivity index is 2.15. The molecule has 1 aromatic heterocycles. The summed E-state index contributed by atoms with van der Waals surface area (Å²) in [5.74, 6) is 2.42. The summed E-state index contributed by atoms with van der Waals surface area (Å²) in [5, 5.41) is 3.97. The van der Waals surface area contributed by atoms with Gasteiger partial charge in [-0.25, -0.2) is 4.98 Å². The first-order valence-electron chi connectivity index (χ1n) is 6.62. The summed E-state index contributed by atoms with van der Waals surface area (Å²) in [5.41, 5.74) is 1.94. The number of nitrogens with one attached hydrogen (secondary N) is 1. The van der Waals surface area contributed by atoms with E-state index in [9.17, 15) is 0 Å². The summed E-state index contributed by atoms with van der Waals surface area (Å²) < 4.78 is 16.1. The minimum Gasteiger partial charge on any atom is -0.497 e. The van der Waals surface area contributed by atoms with Gasteiger partial charge < -0.3 is 19.2 Å². The number of benzene rings is 1. The molecule has 0 radical (unpaired) electrons. The van der Waals surface area contributed by atoms with Crippen molar-refractivity contribution in [1.29, 1.82) is 0 Å². The highest BCUT2D eigenvalue weighted by Gasteiger charge is 2.17. The molecule has 0 aliphatic heterocycles. The first kappa shape index (κ1) is 15.7. The Labute approximate surface area is 129 Å². The largest absolute Gasteiger partial charge is 0.497 e. The van der Waals surface area contributed by atoms with Crippen LogP contribution in [0.4, 0.5) is 0 Å². The zero-order chi connectivity index (χ0) is 15.2. The number of nitrogens with zero attached hydrogens (tertiary/aromatic N) is 1. The zero-order valence-corrected chi connectivity index (χ0v) is 13.5. The van der Waals surface area contributed by atoms with E-state index >= 15 is 0 Å². The summed E-state index contributed by atoms with van der Waals surface area (Å²) in [4.78, 5) is 4.30. The average Bonchev–Trinajstić information content (AvgIpc) is 2.93. The molecule has 0 fully saturated rings. The maximum atomic E-state index is 5.44. The lowest BCUT2D eigenvalue weighted by molar-refractivity contribution is 0.394. The Kier molecular flexibility index (Phi) is 5.52. The summed E-state index contributed by atoms with van der Waals surface area (Å²) in [6, 6.07) is 5.90. The maximum Gasteiger partial charge on any atom is 0.255 e. The molecule has 0 aliphatic carbocycles. The maximum absolute atomic E-state index is 5.44. The summed E-state index contributed by atoms with van der Waals surface area (Å²) in [7, 11) is 5.25. The summed E-state index contributed by atoms with van der Waals surface area (Å²) in [6.07, 6.45) is 1.66. The Morgan fingerprint density at radius 2 is 2.14 bits per heavy atom. The van der Waals surface area contributed by atoms with Gasteiger partial charge in [-0.3, -0.25) is 0 Å². The SMILES string of the molecule is CNC(CSc1nc(C)co1)c1cc(OC)ccc1OC. The smallest absolute Gasteiger partial charge is 0.255 e. The third kappa shape index (κ3) is 3.92. The molecule has 114 valence electrons. The first-order valence-corrected chi connectivity index (χ1v) is 7.60. The van der Waals surface area contributed by atoms with Crippen LogP contribution in [0.25, 0.3) is 0 Å². The molecule has 1 aromatic carbocycles. The van der Waals surface area contributed by atoms with Gasteiger partial charge in [-0.05, 0) is 32.2 Å². The molecule has 6 heteroatoms. The van der Waals surface area contributed by atoms with E-state index in [1.807, 2.05) is 32.2 Å². The minimum absolute atomic E-state index is 0.104. The van der Waals surface area contributed by atoms with Crippen molar-refractivity contribution in [1.82, 2.24) is 10.3 Å². The Morgan fingerprint density at radius 3 is 2.71 bits per heavy atom. The quantitative estimate of drug-likeness (QED) is 0.793. The van der Waals surface area contributed by atoms with Crippen LogP contribution in [0.3, 0.4) is 0 Å². The lowest BCUT2D eigenvalue weighted by Gasteiger charge is -2.19. The number of oxazole rings is 1. The van der Waals surface area contributed by atoms with E-state index in [2.05, 4.69) is 10.3 Å². The van der Waals surface area contributed by atoms with Gasteiger partial charge >= 0.3 is 0 Å². The van der Waals surface area contributed by atoms with E-state index in [-0.39, 0.29) is 6.04 Å². The number of hydrogen-bond donors (Lipinski definition) is 1. The summed E-state index contributed by atoms with van der Waals surface area (Å²) in [6.45, 7) is 1.91. The number of methoxy groups -OCH3 is 2. The standard InChI is InChI=1S/C15H20N2O3S/c1-10-8-20-15(17-10)21-9-13(16-2)12-7-11(18-3)5-6-14(12)19-4/h5-8,13,16H,9H2,1-4H3. The van der Waals surface area contributed by atoms with Crippen LogP contribution >= 0.6 is 11.8 Å². The van der Waals surface area contributed by atoms with Crippen LogP contribution in [0.2, 0.25) is 0 Å². The molecule has 2 aromatic rings. The van der Waals surface area contributed by atoms with Crippen LogP contribution in [0, 0.1) is 6.92 Å². The number of aryl methyl sites for hydroxylation is 1. The van der Waals surface area contributed by atoms with E-state index < -0.39 is 0 Å². The highest BCUT2D eigenvalue weighted by atomic mass is 32.2. The van der Waals surface area contributed by atoms with Crippen LogP contribution in [-0.4, -0.2) is 32.0 Å². The van der Waals surface area contributed by atoms with E-state index in [0.717, 1.165) is 28.5 Å². The monoisotopic (exact) mass is 308 g/mol. The topological polar surface area (TPSA) is 56.5 Å². The fourth-order valence-corrected chi connectivity index (χ4v) is 2.97. The van der Waals surface area contributed by atoms with Gasteiger partial charge in [0.1, 0.15) is 17.8 Å². The molecule has 2 rings (SSSR count). The highest BCUT2D eigenvalue weighted by Crippen LogP contribution is 2.32. The van der Waals surface area contributed by atoms with Crippen molar-refractivity contribution < 1.29 is 13.9 Å². The first-order chi connectivity index (χ1) is 10.2. The Hall–Kier alpha value is -1.66. The molecule has 5 nitrogen and oxygen atoms in total. The Bertz CT molecular complexity index is 586. The van der Waals surface area contributed by atoms with Gasteiger partial charge in [0.05, 0.1) is 19.9 Å². The van der Waals surface area contributed by atoms with Crippen molar-refractivity contribution in [3.05, 3.63) is 35.7 Å². The van der Waals surface area contributed by atoms with Gasteiger partial charge in [-0.1, -0.05) is 11.8 Å². The van der Waals surface area contributed by atoms with Gasteiger partial charge in [0.25, 0.3) is 5.22 Å². The molecule has 1 N–H and O–H groups in total. The van der Waals surface area contributed by atoms with Crippen LogP contribution in [0.1, 0.15) is 17.3 Å². The molecule has 1 heterocycles. The fourth-order valence-electron chi connectivity index (χ4n) is 1.99. The zero-order valence-electron chi connectivity index (χ0n) is 12.7. The van der Waals surface area contributed by atoms with Crippen molar-refractivity contribution in [3.63, 3.8) is 0 Å². The molecular formula is C15H20N2O3S. The van der Waals surface area contributed by atoms with Crippen LogP contribution in [-0.2, 0) is 0 Å². The van der Waals surface area contributed by atoms with Crippen molar-refractivity contribution in [3.8, 4) is 11.5 Å². The minimum atomic E-state index is 0.104. The molecule has 0 bridgehead atoms. The number of ether oxygens (including phenoxy) is 2. The number of thioether (sulfide) groups is 1. The molecule has 0 saturated carbocycles. The lowest BCUT2D eigenvalue weighted by Crippen LogP contribution is -2.19. The third-order valence-corrected chi connectivity index (χ3v) is 4.07. The second-order valence-electron chi connectivity index (χ2n) is 4.51. The molecule has 0 spiro atoms. The molecule has 1 atom stereocenters. The normalized spacial score (nSPS) is 12.2. The van der Waals surface area contributed by atoms with E-state index in [4.69, 9.17) is 13.9 Å². The Morgan fingerprint density at radius 1 is 1.33 bits per heavy atom. The van der Waals surface area contributed by atoms with Gasteiger partial charge in [0.2, 0.25) is 0 Å². The predicted octanol–water partition coefficient (Wildman–Crippen LogP) is 3.05. The van der Waals surface area contributed by atoms with Gasteiger partial charge in [0, 0.05) is 17.4 Å². The van der Waals surface area contributed by atoms with Crippen molar-refractivity contribution in [2.45, 2.75) is 18.2 Å². The number of hydrogen-bond acceptors (Lipinski definition) is 6. The molecule has 21 heavy (non-hydrogen) atoms. The number of aromatic nitrogens is 1. The molecule has 0 aliphatic rings. The van der Waals surface area contributed by atoms with Gasteiger partial charge in [-0.2, -0.15) is 0 Å². The number of rotatable bonds is 7. The van der Waals surface area contributed by atoms with Gasteiger partial charge in [-0.15, -0.1) is 0 Å². The molecule has 1 unspecified atom stereocenters. The van der Waals surface area contributed by atoms with E-state index in [1.165, 1.54) is 0 Å². The average molecular weight is 308 g/mol. The van der Waals surface area contributed by atoms with Gasteiger partial charge in [0.15, 0.2) is 0 Å². The lowest BCUT2D eigenvalue weighted by atomic mass is 10.1. The molecular weight excluding hydrogens is 288 g/mol. The van der Waals surface area contributed by atoms with Crippen molar-refractivity contribution in [2.24, 2.45) is 0 Å². The van der Waals surface area contributed by atoms with Crippen molar-refractivity contribution >= 4 is 11.8 Å². The second-order valence-corrected chi connectivity index (χ2v) is 5.49.